The summed E-state index contributed by atoms with van der Waals surface area (Å²) < 4.78 is 6.08. The van der Waals surface area contributed by atoms with Gasteiger partial charge in [0.2, 0.25) is 6.10 Å². The molecule has 1 fully saturated rings. The zero-order chi connectivity index (χ0) is 19.5. The van der Waals surface area contributed by atoms with Crippen LogP contribution in [-0.2, 0) is 9.53 Å². The van der Waals surface area contributed by atoms with E-state index >= 15 is 0 Å². The molecule has 1 atom stereocenters. The highest BCUT2D eigenvalue weighted by Gasteiger charge is 2.31. The number of amides is 1. The molecule has 0 bridgehead atoms. The number of carbonyl (C=O) groups is 1. The van der Waals surface area contributed by atoms with E-state index in [9.17, 15) is 14.9 Å². The second kappa shape index (κ2) is 7.84. The largest absolute Gasteiger partial charge is 0.475 e. The Hall–Kier alpha value is -3.15. The first-order valence-corrected chi connectivity index (χ1v) is 9.64. The van der Waals surface area contributed by atoms with Gasteiger partial charge >= 0.3 is 0 Å². The third kappa shape index (κ3) is 3.76. The molecule has 2 aromatic carbocycles. The van der Waals surface area contributed by atoms with Gasteiger partial charge in [-0.05, 0) is 36.6 Å². The van der Waals surface area contributed by atoms with Crippen LogP contribution in [0.15, 0.2) is 48.5 Å². The van der Waals surface area contributed by atoms with Crippen LogP contribution in [0.2, 0.25) is 0 Å². The van der Waals surface area contributed by atoms with E-state index in [4.69, 9.17) is 4.74 Å². The van der Waals surface area contributed by atoms with E-state index in [0.29, 0.717) is 11.3 Å². The second-order valence-electron chi connectivity index (χ2n) is 7.28. The van der Waals surface area contributed by atoms with Gasteiger partial charge in [-0.15, -0.1) is 0 Å². The Labute approximate surface area is 163 Å². The first-order chi connectivity index (χ1) is 13.6. The molecule has 1 saturated carbocycles. The van der Waals surface area contributed by atoms with Crippen LogP contribution in [-0.4, -0.2) is 16.9 Å². The summed E-state index contributed by atoms with van der Waals surface area (Å²) in [7, 11) is 0. The van der Waals surface area contributed by atoms with E-state index in [-0.39, 0.29) is 17.6 Å². The Kier molecular flexibility index (Phi) is 5.10. The molecule has 1 aliphatic carbocycles. The highest BCUT2D eigenvalue weighted by Crippen LogP contribution is 2.36. The second-order valence-corrected chi connectivity index (χ2v) is 7.28. The van der Waals surface area contributed by atoms with Crippen LogP contribution in [0.5, 0.6) is 0 Å². The number of rotatable bonds is 4. The Morgan fingerprint density at radius 2 is 1.75 bits per heavy atom. The number of hydrogen-bond donors (Lipinski definition) is 1. The molecule has 0 radical (unpaired) electrons. The number of hydrogen-bond acceptors (Lipinski definition) is 4. The Bertz CT molecular complexity index is 914. The fourth-order valence-electron chi connectivity index (χ4n) is 3.86. The Morgan fingerprint density at radius 1 is 1.04 bits per heavy atom. The minimum absolute atomic E-state index is 0.0205. The highest BCUT2D eigenvalue weighted by atomic mass is 16.6. The van der Waals surface area contributed by atoms with E-state index < -0.39 is 11.0 Å². The summed E-state index contributed by atoms with van der Waals surface area (Å²) in [6, 6.07) is 14.0. The number of benzene rings is 2. The van der Waals surface area contributed by atoms with Crippen molar-refractivity contribution in [2.24, 2.45) is 0 Å². The van der Waals surface area contributed by atoms with Gasteiger partial charge in [-0.25, -0.2) is 0 Å². The maximum Gasteiger partial charge on any atom is 0.269 e. The van der Waals surface area contributed by atoms with E-state index in [1.54, 1.807) is 12.1 Å². The molecule has 0 aromatic heterocycles. The van der Waals surface area contributed by atoms with E-state index in [1.165, 1.54) is 18.6 Å². The number of nitro groups is 1. The maximum absolute atomic E-state index is 13.0. The molecule has 4 rings (SSSR count). The molecule has 0 saturated heterocycles. The van der Waals surface area contributed by atoms with Gasteiger partial charge in [0.25, 0.3) is 11.6 Å². The van der Waals surface area contributed by atoms with Crippen LogP contribution in [0.1, 0.15) is 54.9 Å². The van der Waals surface area contributed by atoms with Gasteiger partial charge < -0.3 is 10.1 Å². The van der Waals surface area contributed by atoms with Crippen molar-refractivity contribution >= 4 is 23.4 Å². The molecule has 6 nitrogen and oxygen atoms in total. The van der Waals surface area contributed by atoms with Crippen molar-refractivity contribution in [1.29, 1.82) is 0 Å². The van der Waals surface area contributed by atoms with Gasteiger partial charge in [-0.2, -0.15) is 0 Å². The van der Waals surface area contributed by atoms with Gasteiger partial charge in [-0.3, -0.25) is 14.9 Å². The van der Waals surface area contributed by atoms with Gasteiger partial charge in [0.15, 0.2) is 0 Å². The minimum atomic E-state index is -0.728. The summed E-state index contributed by atoms with van der Waals surface area (Å²) in [4.78, 5) is 23.5. The van der Waals surface area contributed by atoms with Gasteiger partial charge in [0.1, 0.15) is 5.76 Å². The first kappa shape index (κ1) is 18.2. The van der Waals surface area contributed by atoms with Gasteiger partial charge in [0, 0.05) is 29.3 Å². The van der Waals surface area contributed by atoms with E-state index in [2.05, 4.69) is 5.32 Å². The van der Waals surface area contributed by atoms with Crippen molar-refractivity contribution in [3.8, 4) is 0 Å². The van der Waals surface area contributed by atoms with Crippen molar-refractivity contribution in [2.45, 2.75) is 44.2 Å². The summed E-state index contributed by atoms with van der Waals surface area (Å²) in [6.07, 6.45) is 6.66. The number of fused-ring (bicyclic) bond motifs is 1. The molecule has 1 aliphatic heterocycles. The first-order valence-electron chi connectivity index (χ1n) is 9.64. The molecule has 2 aliphatic rings. The normalized spacial score (nSPS) is 19.1. The van der Waals surface area contributed by atoms with Crippen LogP contribution in [0.4, 0.5) is 5.69 Å². The van der Waals surface area contributed by atoms with Crippen LogP contribution in [0.25, 0.3) is 11.8 Å². The summed E-state index contributed by atoms with van der Waals surface area (Å²) in [5.41, 5.74) is 2.48. The molecule has 144 valence electrons. The number of carbonyl (C=O) groups excluding carboxylic acids is 1. The molecule has 6 heteroatoms. The maximum atomic E-state index is 13.0. The fourth-order valence-corrected chi connectivity index (χ4v) is 3.86. The SMILES string of the molecule is O=C(NC1CCCCC1)C1OC(c2ccc([N+](=O)[O-])cc2)=Cc2ccccc21. The summed E-state index contributed by atoms with van der Waals surface area (Å²) in [5, 5.41) is 14.0. The molecule has 1 unspecified atom stereocenters. The minimum Gasteiger partial charge on any atom is -0.475 e. The highest BCUT2D eigenvalue weighted by molar-refractivity contribution is 5.90. The van der Waals surface area contributed by atoms with Crippen molar-refractivity contribution in [3.05, 3.63) is 75.3 Å². The molecule has 0 spiro atoms. The molecule has 2 aromatic rings. The zero-order valence-electron chi connectivity index (χ0n) is 15.5. The molecule has 1 N–H and O–H groups in total. The quantitative estimate of drug-likeness (QED) is 0.622. The molecular weight excluding hydrogens is 356 g/mol. The Morgan fingerprint density at radius 3 is 2.46 bits per heavy atom. The predicted molar refractivity (Wildman–Crippen MR) is 106 cm³/mol. The van der Waals surface area contributed by atoms with Crippen molar-refractivity contribution in [1.82, 2.24) is 5.32 Å². The average Bonchev–Trinajstić information content (AvgIpc) is 2.73. The van der Waals surface area contributed by atoms with Crippen LogP contribution >= 0.6 is 0 Å². The Balaban J connectivity index is 1.60. The summed E-state index contributed by atoms with van der Waals surface area (Å²) in [6.45, 7) is 0. The predicted octanol–water partition coefficient (Wildman–Crippen LogP) is 4.61. The third-order valence-corrected chi connectivity index (χ3v) is 5.36. The molecule has 1 amide bonds. The van der Waals surface area contributed by atoms with Crippen LogP contribution in [0.3, 0.4) is 0 Å². The standard InChI is InChI=1S/C22H22N2O4/c25-22(23-17-7-2-1-3-8-17)21-19-9-5-4-6-16(19)14-20(28-21)15-10-12-18(13-11-15)24(26)27/h4-6,9-14,17,21H,1-3,7-8H2,(H,23,25). The fraction of sp³-hybridized carbons (Fsp3) is 0.318. The third-order valence-electron chi connectivity index (χ3n) is 5.36. The van der Waals surface area contributed by atoms with E-state index in [0.717, 1.165) is 36.8 Å². The molecule has 28 heavy (non-hydrogen) atoms. The lowest BCUT2D eigenvalue weighted by molar-refractivity contribution is -0.384. The number of ether oxygens (including phenoxy) is 1. The number of nitrogens with zero attached hydrogens (tertiary/aromatic N) is 1. The van der Waals surface area contributed by atoms with Gasteiger partial charge in [0.05, 0.1) is 4.92 Å². The van der Waals surface area contributed by atoms with Crippen molar-refractivity contribution in [2.75, 3.05) is 0 Å². The lowest BCUT2D eigenvalue weighted by Gasteiger charge is -2.29. The van der Waals surface area contributed by atoms with Crippen molar-refractivity contribution in [3.63, 3.8) is 0 Å². The van der Waals surface area contributed by atoms with Crippen LogP contribution < -0.4 is 5.32 Å². The lowest BCUT2D eigenvalue weighted by Crippen LogP contribution is -2.40. The lowest BCUT2D eigenvalue weighted by atomic mass is 9.94. The monoisotopic (exact) mass is 378 g/mol. The zero-order valence-corrected chi connectivity index (χ0v) is 15.5. The average molecular weight is 378 g/mol. The number of nitrogens with one attached hydrogen (secondary N) is 1. The number of nitro benzene ring substituents is 1. The summed E-state index contributed by atoms with van der Waals surface area (Å²) in [5.74, 6) is 0.407. The summed E-state index contributed by atoms with van der Waals surface area (Å²) >= 11 is 0. The smallest absolute Gasteiger partial charge is 0.269 e. The van der Waals surface area contributed by atoms with E-state index in [1.807, 2.05) is 30.3 Å². The molecule has 1 heterocycles. The number of non-ortho nitro benzene ring substituents is 1. The topological polar surface area (TPSA) is 81.5 Å². The van der Waals surface area contributed by atoms with Crippen LogP contribution in [0, 0.1) is 10.1 Å². The van der Waals surface area contributed by atoms with Gasteiger partial charge in [-0.1, -0.05) is 43.5 Å². The molecular formula is C22H22N2O4. The van der Waals surface area contributed by atoms with Crippen molar-refractivity contribution < 1.29 is 14.5 Å².